The van der Waals surface area contributed by atoms with Crippen molar-refractivity contribution < 1.29 is 9.36 Å². The molecule has 0 aliphatic carbocycles. The number of pyridine rings is 1. The average molecular weight is 649 g/mol. The number of hydrogen-bond acceptors (Lipinski definition) is 6. The number of rotatable bonds is 12. The first-order valence-corrected chi connectivity index (χ1v) is 17.6. The summed E-state index contributed by atoms with van der Waals surface area (Å²) in [4.78, 5) is 19.6. The van der Waals surface area contributed by atoms with Crippen LogP contribution in [0.4, 0.5) is 11.4 Å². The number of nitrogens with zero attached hydrogens (tertiary/aromatic N) is 3. The smallest absolute Gasteiger partial charge is 0.219 e. The van der Waals surface area contributed by atoms with Gasteiger partial charge >= 0.3 is 0 Å². The highest BCUT2D eigenvalue weighted by Crippen LogP contribution is 2.47. The molecule has 2 aliphatic heterocycles. The molecule has 0 spiro atoms. The Hall–Kier alpha value is -4.14. The molecule has 3 N–H and O–H groups in total. The number of amides is 1. The Labute approximate surface area is 281 Å². The average Bonchev–Trinajstić information content (AvgIpc) is 3.57. The first kappa shape index (κ1) is 31.8. The van der Waals surface area contributed by atoms with Crippen LogP contribution in [0, 0.1) is 0 Å². The van der Waals surface area contributed by atoms with Gasteiger partial charge in [-0.05, 0) is 67.7 Å². The monoisotopic (exact) mass is 648 g/mol. The normalized spacial score (nSPS) is 15.5. The Morgan fingerprint density at radius 3 is 2.35 bits per heavy atom. The van der Waals surface area contributed by atoms with Crippen molar-refractivity contribution in [3.63, 3.8) is 0 Å². The second-order valence-electron chi connectivity index (χ2n) is 11.8. The predicted molar refractivity (Wildman–Crippen MR) is 195 cm³/mol. The van der Waals surface area contributed by atoms with Crippen molar-refractivity contribution in [2.24, 2.45) is 12.8 Å². The van der Waals surface area contributed by atoms with Crippen molar-refractivity contribution in [1.82, 2.24) is 5.32 Å². The molecule has 4 aromatic rings. The largest absolute Gasteiger partial charge is 0.403 e. The third-order valence-electron chi connectivity index (χ3n) is 8.51. The van der Waals surface area contributed by atoms with Crippen LogP contribution in [0.3, 0.4) is 0 Å². The van der Waals surface area contributed by atoms with Gasteiger partial charge < -0.3 is 20.9 Å². The van der Waals surface area contributed by atoms with Crippen molar-refractivity contribution in [2.75, 3.05) is 29.9 Å². The molecule has 0 bridgehead atoms. The fraction of sp³-hybridized carbons (Fsp3) is 0.263. The second kappa shape index (κ2) is 14.5. The van der Waals surface area contributed by atoms with Gasteiger partial charge in [-0.15, -0.1) is 0 Å². The first-order chi connectivity index (χ1) is 22.4. The highest BCUT2D eigenvalue weighted by molar-refractivity contribution is 8.04. The third kappa shape index (κ3) is 7.13. The molecule has 0 saturated carbocycles. The lowest BCUT2D eigenvalue weighted by Gasteiger charge is -2.20. The fourth-order valence-electron chi connectivity index (χ4n) is 6.00. The van der Waals surface area contributed by atoms with Gasteiger partial charge in [0.2, 0.25) is 17.1 Å². The number of anilines is 2. The van der Waals surface area contributed by atoms with E-state index in [0.29, 0.717) is 18.7 Å². The number of aromatic nitrogens is 1. The minimum Gasteiger partial charge on any atom is -0.403 e. The van der Waals surface area contributed by atoms with E-state index in [1.165, 1.54) is 47.7 Å². The summed E-state index contributed by atoms with van der Waals surface area (Å²) in [5.41, 5.74) is 12.4. The lowest BCUT2D eigenvalue weighted by Crippen LogP contribution is -2.33. The maximum atomic E-state index is 12.3. The van der Waals surface area contributed by atoms with Crippen LogP contribution in [-0.4, -0.2) is 26.0 Å². The van der Waals surface area contributed by atoms with E-state index in [4.69, 9.17) is 5.73 Å². The number of fused-ring (bicyclic) bond motifs is 3. The molecular weight excluding hydrogens is 607 g/mol. The Morgan fingerprint density at radius 2 is 1.57 bits per heavy atom. The fourth-order valence-corrected chi connectivity index (χ4v) is 8.24. The highest BCUT2D eigenvalue weighted by atomic mass is 32.2. The number of hydrogen-bond donors (Lipinski definition) is 2. The molecule has 0 saturated heterocycles. The van der Waals surface area contributed by atoms with Crippen LogP contribution in [0.2, 0.25) is 0 Å². The number of thioether (sulfide) groups is 2. The second-order valence-corrected chi connectivity index (χ2v) is 14.0. The van der Waals surface area contributed by atoms with Crippen LogP contribution in [0.15, 0.2) is 111 Å². The topological polar surface area (TPSA) is 65.5 Å². The van der Waals surface area contributed by atoms with E-state index in [1.807, 2.05) is 23.5 Å². The molecular formula is C38H42N5OS2+. The molecule has 0 radical (unpaired) electrons. The minimum absolute atomic E-state index is 0.117. The number of carbonyl (C=O) groups is 1. The van der Waals surface area contributed by atoms with Crippen LogP contribution >= 0.6 is 23.5 Å². The number of unbranched alkanes of at least 4 members (excludes halogenated alkanes) is 2. The Morgan fingerprint density at radius 1 is 0.870 bits per heavy atom. The molecule has 2 aliphatic rings. The van der Waals surface area contributed by atoms with E-state index in [-0.39, 0.29) is 5.91 Å². The molecule has 1 amide bonds. The highest BCUT2D eigenvalue weighted by Gasteiger charge is 2.27. The van der Waals surface area contributed by atoms with Crippen molar-refractivity contribution in [2.45, 2.75) is 48.3 Å². The van der Waals surface area contributed by atoms with E-state index in [2.05, 4.69) is 131 Å². The van der Waals surface area contributed by atoms with Gasteiger partial charge in [0.05, 0.1) is 26.8 Å². The van der Waals surface area contributed by atoms with Gasteiger partial charge in [0.1, 0.15) is 7.05 Å². The summed E-state index contributed by atoms with van der Waals surface area (Å²) in [6, 6.07) is 28.2. The van der Waals surface area contributed by atoms with Gasteiger partial charge in [0.15, 0.2) is 0 Å². The maximum Gasteiger partial charge on any atom is 0.219 e. The van der Waals surface area contributed by atoms with Crippen LogP contribution in [0.1, 0.15) is 49.8 Å². The van der Waals surface area contributed by atoms with Crippen LogP contribution in [0.5, 0.6) is 0 Å². The minimum atomic E-state index is 0.117. The van der Waals surface area contributed by atoms with Gasteiger partial charge in [-0.3, -0.25) is 4.79 Å². The summed E-state index contributed by atoms with van der Waals surface area (Å²) in [5.74, 6) is 0.117. The van der Waals surface area contributed by atoms with Crippen molar-refractivity contribution in [3.8, 4) is 0 Å². The zero-order valence-corrected chi connectivity index (χ0v) is 28.3. The van der Waals surface area contributed by atoms with Gasteiger partial charge in [-0.2, -0.15) is 4.57 Å². The van der Waals surface area contributed by atoms with E-state index in [1.54, 1.807) is 0 Å². The molecule has 46 heavy (non-hydrogen) atoms. The van der Waals surface area contributed by atoms with E-state index in [0.717, 1.165) is 44.3 Å². The lowest BCUT2D eigenvalue weighted by atomic mass is 10.1. The molecule has 3 aromatic carbocycles. The number of benzene rings is 3. The molecule has 1 aromatic heterocycles. The van der Waals surface area contributed by atoms with Crippen LogP contribution in [-0.2, 0) is 11.8 Å². The number of aryl methyl sites for hydroxylation is 1. The molecule has 0 unspecified atom stereocenters. The summed E-state index contributed by atoms with van der Waals surface area (Å²) < 4.78 is 2.30. The summed E-state index contributed by atoms with van der Waals surface area (Å²) in [5, 5.41) is 6.68. The van der Waals surface area contributed by atoms with Crippen molar-refractivity contribution in [1.29, 1.82) is 0 Å². The zero-order valence-electron chi connectivity index (χ0n) is 26.7. The third-order valence-corrected chi connectivity index (χ3v) is 10.8. The number of carbonyl (C=O) groups excluding carboxylic acids is 1. The zero-order chi connectivity index (χ0) is 32.0. The molecule has 6 rings (SSSR count). The van der Waals surface area contributed by atoms with Crippen LogP contribution in [0.25, 0.3) is 23.1 Å². The number of para-hydroxylation sites is 3. The molecule has 236 valence electrons. The first-order valence-electron chi connectivity index (χ1n) is 16.0. The van der Waals surface area contributed by atoms with Gasteiger partial charge in [-0.1, -0.05) is 72.9 Å². The Kier molecular flexibility index (Phi) is 10.0. The molecule has 8 heteroatoms. The number of nitrogens with two attached hydrogens (primary N) is 1. The van der Waals surface area contributed by atoms with Crippen molar-refractivity contribution in [3.05, 3.63) is 112 Å². The van der Waals surface area contributed by atoms with Gasteiger partial charge in [0.25, 0.3) is 0 Å². The van der Waals surface area contributed by atoms with Gasteiger partial charge in [-0.25, -0.2) is 0 Å². The SMILES string of the molecule is C=C(N)CCCNC(=O)CCCCCN1/C(=C\c2cc(C=C3Sc4ccccc4N3C)c3ccccc3[n+]2C)Sc2ccccc21. The summed E-state index contributed by atoms with van der Waals surface area (Å²) in [6.45, 7) is 5.27. The molecule has 6 nitrogen and oxygen atoms in total. The van der Waals surface area contributed by atoms with E-state index < -0.39 is 0 Å². The predicted octanol–water partition coefficient (Wildman–Crippen LogP) is 8.04. The summed E-state index contributed by atoms with van der Waals surface area (Å²) in [7, 11) is 4.31. The quantitative estimate of drug-likeness (QED) is 0.120. The standard InChI is InChI=1S/C38H41N5OS2/c1-27(39)14-13-22-40-36(44)21-5-4-12-23-43-33-18-9-11-20-35(33)46-38(43)26-29-24-28(30-15-6-7-16-31(30)41(29)2)25-37-42(3)32-17-8-10-19-34(32)45-37/h6-11,15-20,24-26H,1,4-5,12-14,21-23,39H2,2-3H3/p+1. The summed E-state index contributed by atoms with van der Waals surface area (Å²) in [6.07, 6.45) is 9.69. The summed E-state index contributed by atoms with van der Waals surface area (Å²) >= 11 is 3.66. The Bertz CT molecular complexity index is 1830. The lowest BCUT2D eigenvalue weighted by molar-refractivity contribution is -0.646. The van der Waals surface area contributed by atoms with E-state index in [9.17, 15) is 4.79 Å². The van der Waals surface area contributed by atoms with Crippen LogP contribution < -0.4 is 25.4 Å². The molecule has 0 atom stereocenters. The van der Waals surface area contributed by atoms with Gasteiger partial charge in [0, 0.05) is 60.3 Å². The maximum absolute atomic E-state index is 12.3. The molecule has 3 heterocycles. The van der Waals surface area contributed by atoms with E-state index >= 15 is 0 Å². The number of allylic oxidation sites excluding steroid dienone is 1. The Balaban J connectivity index is 1.21. The number of nitrogens with one attached hydrogen (secondary N) is 1. The molecule has 0 fully saturated rings. The van der Waals surface area contributed by atoms with Crippen molar-refractivity contribution >= 4 is 63.9 Å².